The fraction of sp³-hybridized carbons (Fsp3) is 0.909. The Morgan fingerprint density at radius 1 is 1.36 bits per heavy atom. The fourth-order valence-electron chi connectivity index (χ4n) is 2.71. The van der Waals surface area contributed by atoms with Crippen molar-refractivity contribution in [3.63, 3.8) is 0 Å². The number of nitrogens with one attached hydrogen (secondary N) is 1. The van der Waals surface area contributed by atoms with Gasteiger partial charge in [-0.25, -0.2) is 0 Å². The standard InChI is InChI=1S/C11H19NO2/c1-11(10(13)14)7-9(5-6-12-11)8-3-2-4-8/h8-9,12H,2-7H2,1H3,(H,13,14). The van der Waals surface area contributed by atoms with Crippen molar-refractivity contribution in [2.75, 3.05) is 6.54 Å². The van der Waals surface area contributed by atoms with E-state index < -0.39 is 11.5 Å². The molecule has 1 saturated heterocycles. The van der Waals surface area contributed by atoms with E-state index in [1.807, 2.05) is 6.92 Å². The van der Waals surface area contributed by atoms with Crippen molar-refractivity contribution < 1.29 is 9.90 Å². The highest BCUT2D eigenvalue weighted by molar-refractivity contribution is 5.78. The van der Waals surface area contributed by atoms with E-state index in [1.54, 1.807) is 0 Å². The molecule has 1 heterocycles. The van der Waals surface area contributed by atoms with Crippen LogP contribution in [0, 0.1) is 11.8 Å². The number of carboxylic acids is 1. The van der Waals surface area contributed by atoms with E-state index in [2.05, 4.69) is 5.32 Å². The van der Waals surface area contributed by atoms with Gasteiger partial charge in [0.25, 0.3) is 0 Å². The summed E-state index contributed by atoms with van der Waals surface area (Å²) in [5.74, 6) is 0.767. The maximum Gasteiger partial charge on any atom is 0.323 e. The topological polar surface area (TPSA) is 49.3 Å². The molecule has 1 saturated carbocycles. The summed E-state index contributed by atoms with van der Waals surface area (Å²) in [4.78, 5) is 11.1. The summed E-state index contributed by atoms with van der Waals surface area (Å²) in [5, 5.41) is 12.3. The molecule has 0 aromatic rings. The van der Waals surface area contributed by atoms with Gasteiger partial charge < -0.3 is 10.4 Å². The van der Waals surface area contributed by atoms with Gasteiger partial charge in [0, 0.05) is 0 Å². The van der Waals surface area contributed by atoms with E-state index in [0.717, 1.165) is 25.3 Å². The Bertz CT molecular complexity index is 237. The first-order valence-corrected chi connectivity index (χ1v) is 5.60. The molecule has 0 radical (unpaired) electrons. The molecule has 2 atom stereocenters. The second-order valence-electron chi connectivity index (χ2n) is 5.01. The molecule has 2 aliphatic rings. The molecule has 80 valence electrons. The third-order valence-corrected chi connectivity index (χ3v) is 3.99. The summed E-state index contributed by atoms with van der Waals surface area (Å²) < 4.78 is 0. The van der Waals surface area contributed by atoms with Crippen molar-refractivity contribution in [3.8, 4) is 0 Å². The minimum atomic E-state index is -0.693. The van der Waals surface area contributed by atoms with Gasteiger partial charge in [-0.2, -0.15) is 0 Å². The summed E-state index contributed by atoms with van der Waals surface area (Å²) in [6.07, 6.45) is 5.96. The number of hydrogen-bond donors (Lipinski definition) is 2. The van der Waals surface area contributed by atoms with Gasteiger partial charge in [0.1, 0.15) is 5.54 Å². The molecule has 3 nitrogen and oxygen atoms in total. The van der Waals surface area contributed by atoms with E-state index in [0.29, 0.717) is 5.92 Å². The molecule has 1 aliphatic heterocycles. The van der Waals surface area contributed by atoms with E-state index in [-0.39, 0.29) is 0 Å². The second-order valence-corrected chi connectivity index (χ2v) is 5.01. The number of aliphatic carboxylic acids is 1. The monoisotopic (exact) mass is 197 g/mol. The molecular formula is C11H19NO2. The van der Waals surface area contributed by atoms with Crippen LogP contribution in [-0.4, -0.2) is 23.2 Å². The minimum absolute atomic E-state index is 0.645. The van der Waals surface area contributed by atoms with Gasteiger partial charge >= 0.3 is 5.97 Å². The SMILES string of the molecule is CC1(C(=O)O)CC(C2CCC2)CCN1. The molecule has 2 rings (SSSR count). The largest absolute Gasteiger partial charge is 0.480 e. The van der Waals surface area contributed by atoms with Crippen LogP contribution in [0.15, 0.2) is 0 Å². The molecule has 0 aromatic heterocycles. The first-order chi connectivity index (χ1) is 6.62. The molecule has 2 unspecified atom stereocenters. The summed E-state index contributed by atoms with van der Waals surface area (Å²) in [6, 6.07) is 0. The quantitative estimate of drug-likeness (QED) is 0.707. The van der Waals surface area contributed by atoms with Crippen molar-refractivity contribution in [1.29, 1.82) is 0 Å². The Morgan fingerprint density at radius 3 is 2.57 bits per heavy atom. The normalized spacial score (nSPS) is 39.1. The molecule has 0 amide bonds. The predicted molar refractivity (Wildman–Crippen MR) is 54.1 cm³/mol. The Labute approximate surface area is 84.9 Å². The van der Waals surface area contributed by atoms with Crippen LogP contribution in [0.5, 0.6) is 0 Å². The molecule has 0 bridgehead atoms. The highest BCUT2D eigenvalue weighted by Crippen LogP contribution is 2.40. The van der Waals surface area contributed by atoms with Crippen molar-refractivity contribution in [1.82, 2.24) is 5.32 Å². The van der Waals surface area contributed by atoms with E-state index >= 15 is 0 Å². The summed E-state index contributed by atoms with van der Waals surface area (Å²) in [7, 11) is 0. The van der Waals surface area contributed by atoms with Crippen LogP contribution in [0.3, 0.4) is 0 Å². The lowest BCUT2D eigenvalue weighted by atomic mass is 9.68. The first kappa shape index (κ1) is 9.97. The summed E-state index contributed by atoms with van der Waals surface area (Å²) in [6.45, 7) is 2.68. The van der Waals surface area contributed by atoms with Gasteiger partial charge in [0.05, 0.1) is 0 Å². The van der Waals surface area contributed by atoms with E-state index in [9.17, 15) is 4.79 Å². The maximum absolute atomic E-state index is 11.1. The van der Waals surface area contributed by atoms with Crippen molar-refractivity contribution in [2.24, 2.45) is 11.8 Å². The van der Waals surface area contributed by atoms with Gasteiger partial charge in [-0.05, 0) is 38.1 Å². The molecule has 3 heteroatoms. The van der Waals surface area contributed by atoms with Crippen LogP contribution < -0.4 is 5.32 Å². The predicted octanol–water partition coefficient (Wildman–Crippen LogP) is 1.63. The Kier molecular flexibility index (Phi) is 2.52. The lowest BCUT2D eigenvalue weighted by molar-refractivity contribution is -0.146. The zero-order valence-electron chi connectivity index (χ0n) is 8.75. The zero-order valence-corrected chi connectivity index (χ0v) is 8.75. The number of piperidine rings is 1. The zero-order chi connectivity index (χ0) is 10.2. The fourth-order valence-corrected chi connectivity index (χ4v) is 2.71. The summed E-state index contributed by atoms with van der Waals surface area (Å²) >= 11 is 0. The van der Waals surface area contributed by atoms with Crippen LogP contribution >= 0.6 is 0 Å². The van der Waals surface area contributed by atoms with Crippen LogP contribution in [0.25, 0.3) is 0 Å². The Morgan fingerprint density at radius 2 is 2.07 bits per heavy atom. The molecule has 2 fully saturated rings. The van der Waals surface area contributed by atoms with Gasteiger partial charge in [0.15, 0.2) is 0 Å². The van der Waals surface area contributed by atoms with Gasteiger partial charge in [-0.3, -0.25) is 4.79 Å². The first-order valence-electron chi connectivity index (χ1n) is 5.60. The van der Waals surface area contributed by atoms with Crippen LogP contribution in [0.2, 0.25) is 0 Å². The van der Waals surface area contributed by atoms with Gasteiger partial charge in [-0.15, -0.1) is 0 Å². The lowest BCUT2D eigenvalue weighted by Crippen LogP contribution is -2.55. The molecule has 14 heavy (non-hydrogen) atoms. The average Bonchev–Trinajstić information content (AvgIpc) is 2.00. The highest BCUT2D eigenvalue weighted by atomic mass is 16.4. The number of carbonyl (C=O) groups is 1. The lowest BCUT2D eigenvalue weighted by Gasteiger charge is -2.42. The summed E-state index contributed by atoms with van der Waals surface area (Å²) in [5.41, 5.74) is -0.668. The van der Waals surface area contributed by atoms with Crippen LogP contribution in [-0.2, 0) is 4.79 Å². The van der Waals surface area contributed by atoms with E-state index in [1.165, 1.54) is 19.3 Å². The Balaban J connectivity index is 1.99. The van der Waals surface area contributed by atoms with Gasteiger partial charge in [-0.1, -0.05) is 19.3 Å². The van der Waals surface area contributed by atoms with Crippen molar-refractivity contribution >= 4 is 5.97 Å². The molecule has 0 spiro atoms. The van der Waals surface area contributed by atoms with Gasteiger partial charge in [0.2, 0.25) is 0 Å². The van der Waals surface area contributed by atoms with Crippen molar-refractivity contribution in [3.05, 3.63) is 0 Å². The number of rotatable bonds is 2. The van der Waals surface area contributed by atoms with Crippen LogP contribution in [0.4, 0.5) is 0 Å². The highest BCUT2D eigenvalue weighted by Gasteiger charge is 2.41. The minimum Gasteiger partial charge on any atom is -0.480 e. The number of hydrogen-bond acceptors (Lipinski definition) is 2. The van der Waals surface area contributed by atoms with Crippen LogP contribution in [0.1, 0.15) is 39.0 Å². The van der Waals surface area contributed by atoms with Crippen molar-refractivity contribution in [2.45, 2.75) is 44.6 Å². The number of carboxylic acid groups (broad SMARTS) is 1. The molecule has 0 aromatic carbocycles. The maximum atomic E-state index is 11.1. The smallest absolute Gasteiger partial charge is 0.323 e. The molecular weight excluding hydrogens is 178 g/mol. The van der Waals surface area contributed by atoms with E-state index in [4.69, 9.17) is 5.11 Å². The molecule has 1 aliphatic carbocycles. The molecule has 2 N–H and O–H groups in total. The average molecular weight is 197 g/mol. The second kappa shape index (κ2) is 3.54. The third kappa shape index (κ3) is 1.65. The third-order valence-electron chi connectivity index (χ3n) is 3.99. The Hall–Kier alpha value is -0.570.